The molecule has 0 fully saturated rings. The van der Waals surface area contributed by atoms with E-state index < -0.39 is 0 Å². The van der Waals surface area contributed by atoms with E-state index in [0.29, 0.717) is 24.3 Å². The molecule has 1 heterocycles. The first-order valence-corrected chi connectivity index (χ1v) is 6.63. The average Bonchev–Trinajstić information content (AvgIpc) is 2.68. The van der Waals surface area contributed by atoms with E-state index in [-0.39, 0.29) is 24.0 Å². The second kappa shape index (κ2) is 6.10. The molecule has 1 rings (SSSR count). The summed E-state index contributed by atoms with van der Waals surface area (Å²) in [5.41, 5.74) is 6.80. The molecule has 5 heteroatoms. The summed E-state index contributed by atoms with van der Waals surface area (Å²) < 4.78 is 1.86. The van der Waals surface area contributed by atoms with Crippen LogP contribution in [0.2, 0.25) is 0 Å². The van der Waals surface area contributed by atoms with Gasteiger partial charge in [-0.3, -0.25) is 4.79 Å². The number of nitrogen functional groups attached to an aromatic ring is 1. The standard InChI is InChI=1S/C14H25N3O2/c1-10(2)17-8-11(15)7-12(17)13(19)16-9-14(3,4)5-6-18/h7-8,10,18H,5-6,9,15H2,1-4H3,(H,16,19). The zero-order valence-electron chi connectivity index (χ0n) is 12.2. The van der Waals surface area contributed by atoms with Gasteiger partial charge >= 0.3 is 0 Å². The number of rotatable bonds is 6. The molecule has 1 aromatic rings. The number of carbonyl (C=O) groups is 1. The molecule has 0 aliphatic heterocycles. The number of hydrogen-bond donors (Lipinski definition) is 3. The van der Waals surface area contributed by atoms with Crippen LogP contribution in [-0.2, 0) is 0 Å². The summed E-state index contributed by atoms with van der Waals surface area (Å²) in [5, 5.41) is 11.9. The fourth-order valence-corrected chi connectivity index (χ4v) is 1.91. The predicted molar refractivity (Wildman–Crippen MR) is 77.0 cm³/mol. The highest BCUT2D eigenvalue weighted by atomic mass is 16.3. The summed E-state index contributed by atoms with van der Waals surface area (Å²) in [6.07, 6.45) is 2.43. The Morgan fingerprint density at radius 3 is 2.68 bits per heavy atom. The highest BCUT2D eigenvalue weighted by molar-refractivity contribution is 5.93. The minimum absolute atomic E-state index is 0.120. The molecule has 0 aliphatic rings. The fourth-order valence-electron chi connectivity index (χ4n) is 1.91. The molecule has 19 heavy (non-hydrogen) atoms. The number of nitrogens with zero attached hydrogens (tertiary/aromatic N) is 1. The van der Waals surface area contributed by atoms with Gasteiger partial charge in [0.05, 0.1) is 5.69 Å². The van der Waals surface area contributed by atoms with Crippen molar-refractivity contribution in [2.45, 2.75) is 40.2 Å². The third-order valence-electron chi connectivity index (χ3n) is 3.17. The lowest BCUT2D eigenvalue weighted by Crippen LogP contribution is -2.35. The molecule has 1 aromatic heterocycles. The molecule has 0 spiro atoms. The summed E-state index contributed by atoms with van der Waals surface area (Å²) in [7, 11) is 0. The zero-order chi connectivity index (χ0) is 14.6. The first-order valence-electron chi connectivity index (χ1n) is 6.63. The molecule has 0 atom stereocenters. The summed E-state index contributed by atoms with van der Waals surface area (Å²) in [4.78, 5) is 12.2. The Morgan fingerprint density at radius 2 is 2.16 bits per heavy atom. The van der Waals surface area contributed by atoms with Crippen molar-refractivity contribution in [1.82, 2.24) is 9.88 Å². The molecule has 0 unspecified atom stereocenters. The average molecular weight is 267 g/mol. The number of amides is 1. The number of aliphatic hydroxyl groups excluding tert-OH is 1. The van der Waals surface area contributed by atoms with E-state index in [9.17, 15) is 4.79 Å². The summed E-state index contributed by atoms with van der Waals surface area (Å²) in [6.45, 7) is 8.68. The van der Waals surface area contributed by atoms with Crippen molar-refractivity contribution in [1.29, 1.82) is 0 Å². The Balaban J connectivity index is 2.74. The SMILES string of the molecule is CC(C)n1cc(N)cc1C(=O)NCC(C)(C)CCO. The maximum absolute atomic E-state index is 12.2. The monoisotopic (exact) mass is 267 g/mol. The smallest absolute Gasteiger partial charge is 0.268 e. The number of nitrogens with one attached hydrogen (secondary N) is 1. The van der Waals surface area contributed by atoms with Crippen molar-refractivity contribution < 1.29 is 9.90 Å². The molecule has 0 bridgehead atoms. The molecule has 0 saturated heterocycles. The molecule has 0 aliphatic carbocycles. The van der Waals surface area contributed by atoms with Crippen LogP contribution in [-0.4, -0.2) is 28.7 Å². The van der Waals surface area contributed by atoms with Gasteiger partial charge in [-0.15, -0.1) is 0 Å². The van der Waals surface area contributed by atoms with Gasteiger partial charge in [-0.1, -0.05) is 13.8 Å². The lowest BCUT2D eigenvalue weighted by Gasteiger charge is -2.24. The fraction of sp³-hybridized carbons (Fsp3) is 0.643. The van der Waals surface area contributed by atoms with E-state index >= 15 is 0 Å². The van der Waals surface area contributed by atoms with Crippen LogP contribution in [0.15, 0.2) is 12.3 Å². The molecule has 1 amide bonds. The quantitative estimate of drug-likeness (QED) is 0.735. The van der Waals surface area contributed by atoms with Crippen LogP contribution in [0.5, 0.6) is 0 Å². The first kappa shape index (κ1) is 15.6. The lowest BCUT2D eigenvalue weighted by atomic mass is 9.90. The minimum Gasteiger partial charge on any atom is -0.397 e. The van der Waals surface area contributed by atoms with Crippen LogP contribution in [0.3, 0.4) is 0 Å². The van der Waals surface area contributed by atoms with Crippen LogP contribution in [0.4, 0.5) is 5.69 Å². The Hall–Kier alpha value is -1.49. The third-order valence-corrected chi connectivity index (χ3v) is 3.17. The van der Waals surface area contributed by atoms with Gasteiger partial charge in [-0.2, -0.15) is 0 Å². The molecule has 0 radical (unpaired) electrons. The molecule has 0 saturated carbocycles. The molecule has 4 N–H and O–H groups in total. The van der Waals surface area contributed by atoms with Crippen molar-refractivity contribution in [2.75, 3.05) is 18.9 Å². The highest BCUT2D eigenvalue weighted by Crippen LogP contribution is 2.20. The van der Waals surface area contributed by atoms with Gasteiger partial charge in [0.25, 0.3) is 5.91 Å². The number of nitrogens with two attached hydrogens (primary N) is 1. The molecule has 5 nitrogen and oxygen atoms in total. The van der Waals surface area contributed by atoms with Crippen LogP contribution in [0.1, 0.15) is 50.6 Å². The number of aliphatic hydroxyl groups is 1. The van der Waals surface area contributed by atoms with Crippen LogP contribution in [0.25, 0.3) is 0 Å². The van der Waals surface area contributed by atoms with Gasteiger partial charge in [0, 0.05) is 25.4 Å². The lowest BCUT2D eigenvalue weighted by molar-refractivity contribution is 0.0917. The van der Waals surface area contributed by atoms with E-state index in [1.165, 1.54) is 0 Å². The van der Waals surface area contributed by atoms with E-state index in [2.05, 4.69) is 5.32 Å². The second-order valence-electron chi connectivity index (χ2n) is 5.98. The Morgan fingerprint density at radius 1 is 1.53 bits per heavy atom. The van der Waals surface area contributed by atoms with E-state index in [1.54, 1.807) is 12.3 Å². The van der Waals surface area contributed by atoms with Crippen LogP contribution in [0, 0.1) is 5.41 Å². The van der Waals surface area contributed by atoms with Gasteiger partial charge in [0.15, 0.2) is 0 Å². The number of anilines is 1. The Bertz CT molecular complexity index is 436. The maximum Gasteiger partial charge on any atom is 0.268 e. The van der Waals surface area contributed by atoms with Crippen molar-refractivity contribution in [3.05, 3.63) is 18.0 Å². The largest absolute Gasteiger partial charge is 0.397 e. The van der Waals surface area contributed by atoms with Gasteiger partial charge in [0.1, 0.15) is 5.69 Å². The van der Waals surface area contributed by atoms with Crippen LogP contribution >= 0.6 is 0 Å². The zero-order valence-corrected chi connectivity index (χ0v) is 12.2. The summed E-state index contributed by atoms with van der Waals surface area (Å²) >= 11 is 0. The van der Waals surface area contributed by atoms with Crippen molar-refractivity contribution in [3.63, 3.8) is 0 Å². The van der Waals surface area contributed by atoms with E-state index in [0.717, 1.165) is 0 Å². The van der Waals surface area contributed by atoms with Gasteiger partial charge in [-0.05, 0) is 31.7 Å². The topological polar surface area (TPSA) is 80.3 Å². The predicted octanol–water partition coefficient (Wildman–Crippen LogP) is 1.79. The molecule has 0 aromatic carbocycles. The van der Waals surface area contributed by atoms with Crippen molar-refractivity contribution >= 4 is 11.6 Å². The summed E-state index contributed by atoms with van der Waals surface area (Å²) in [6, 6.07) is 1.87. The number of aromatic nitrogens is 1. The molecule has 108 valence electrons. The third kappa shape index (κ3) is 4.28. The molecular formula is C14H25N3O2. The van der Waals surface area contributed by atoms with Crippen LogP contribution < -0.4 is 11.1 Å². The Kier molecular flexibility index (Phi) is 5.00. The second-order valence-corrected chi connectivity index (χ2v) is 5.98. The van der Waals surface area contributed by atoms with Gasteiger partial charge in [0.2, 0.25) is 0 Å². The Labute approximate surface area is 114 Å². The highest BCUT2D eigenvalue weighted by Gasteiger charge is 2.20. The first-order chi connectivity index (χ1) is 8.76. The van der Waals surface area contributed by atoms with Gasteiger partial charge < -0.3 is 20.7 Å². The molecular weight excluding hydrogens is 242 g/mol. The normalized spacial score (nSPS) is 11.9. The van der Waals surface area contributed by atoms with Gasteiger partial charge in [-0.25, -0.2) is 0 Å². The van der Waals surface area contributed by atoms with Crippen molar-refractivity contribution in [2.24, 2.45) is 5.41 Å². The van der Waals surface area contributed by atoms with E-state index in [4.69, 9.17) is 10.8 Å². The maximum atomic E-state index is 12.2. The minimum atomic E-state index is -0.128. The summed E-state index contributed by atoms with van der Waals surface area (Å²) in [5.74, 6) is -0.128. The van der Waals surface area contributed by atoms with Crippen molar-refractivity contribution in [3.8, 4) is 0 Å². The number of carbonyl (C=O) groups excluding carboxylic acids is 1. The van der Waals surface area contributed by atoms with E-state index in [1.807, 2.05) is 32.3 Å². The number of hydrogen-bond acceptors (Lipinski definition) is 3.